The normalized spacial score (nSPS) is 12.7. The van der Waals surface area contributed by atoms with Gasteiger partial charge in [0.05, 0.1) is 5.38 Å². The van der Waals surface area contributed by atoms with Gasteiger partial charge in [-0.05, 0) is 35.4 Å². The third kappa shape index (κ3) is 2.57. The maximum atomic E-state index is 6.37. The highest BCUT2D eigenvalue weighted by molar-refractivity contribution is 7.98. The van der Waals surface area contributed by atoms with Crippen LogP contribution in [0.2, 0.25) is 0 Å². The highest BCUT2D eigenvalue weighted by Gasteiger charge is 2.10. The number of thiophene rings is 1. The molecule has 1 aromatic heterocycles. The molecule has 0 N–H and O–H groups in total. The van der Waals surface area contributed by atoms with Crippen molar-refractivity contribution < 1.29 is 0 Å². The predicted octanol–water partition coefficient (Wildman–Crippen LogP) is 4.80. The van der Waals surface area contributed by atoms with Crippen LogP contribution >= 0.6 is 34.7 Å². The van der Waals surface area contributed by atoms with E-state index in [1.54, 1.807) is 23.1 Å². The molecule has 2 aromatic rings. The Kier molecular flexibility index (Phi) is 3.73. The summed E-state index contributed by atoms with van der Waals surface area (Å²) in [7, 11) is 0. The van der Waals surface area contributed by atoms with Gasteiger partial charge in [-0.3, -0.25) is 0 Å². The molecule has 0 aliphatic heterocycles. The minimum Gasteiger partial charge on any atom is -0.147 e. The lowest BCUT2D eigenvalue weighted by molar-refractivity contribution is 1.17. The van der Waals surface area contributed by atoms with Crippen molar-refractivity contribution in [2.45, 2.75) is 10.3 Å². The van der Waals surface area contributed by atoms with Gasteiger partial charge in [-0.1, -0.05) is 18.2 Å². The van der Waals surface area contributed by atoms with Crippen molar-refractivity contribution in [1.82, 2.24) is 0 Å². The molecular formula is C12H11ClS2. The lowest BCUT2D eigenvalue weighted by Gasteiger charge is -2.07. The van der Waals surface area contributed by atoms with E-state index in [1.807, 2.05) is 6.07 Å². The Morgan fingerprint density at radius 1 is 1.20 bits per heavy atom. The second kappa shape index (κ2) is 5.06. The van der Waals surface area contributed by atoms with E-state index < -0.39 is 0 Å². The van der Waals surface area contributed by atoms with Gasteiger partial charge < -0.3 is 0 Å². The third-order valence-electron chi connectivity index (χ3n) is 2.20. The molecule has 2 rings (SSSR count). The van der Waals surface area contributed by atoms with E-state index >= 15 is 0 Å². The minimum atomic E-state index is -0.0130. The summed E-state index contributed by atoms with van der Waals surface area (Å²) in [5, 5.41) is 2.04. The first-order valence-electron chi connectivity index (χ1n) is 4.62. The summed E-state index contributed by atoms with van der Waals surface area (Å²) in [6.45, 7) is 0. The molecule has 1 aromatic carbocycles. The lowest BCUT2D eigenvalue weighted by Crippen LogP contribution is -1.89. The van der Waals surface area contributed by atoms with Gasteiger partial charge in [0.25, 0.3) is 0 Å². The molecular weight excluding hydrogens is 244 g/mol. The van der Waals surface area contributed by atoms with E-state index in [2.05, 4.69) is 42.0 Å². The quantitative estimate of drug-likeness (QED) is 0.560. The van der Waals surface area contributed by atoms with Crippen molar-refractivity contribution in [3.63, 3.8) is 0 Å². The summed E-state index contributed by atoms with van der Waals surface area (Å²) >= 11 is 9.82. The van der Waals surface area contributed by atoms with Gasteiger partial charge in [0.2, 0.25) is 0 Å². The van der Waals surface area contributed by atoms with Crippen molar-refractivity contribution in [3.05, 3.63) is 52.2 Å². The average molecular weight is 255 g/mol. The Bertz CT molecular complexity index is 406. The molecule has 0 saturated heterocycles. The Hall–Kier alpha value is -0.440. The number of hydrogen-bond donors (Lipinski definition) is 0. The van der Waals surface area contributed by atoms with E-state index in [-0.39, 0.29) is 5.38 Å². The number of benzene rings is 1. The van der Waals surface area contributed by atoms with E-state index in [1.165, 1.54) is 9.77 Å². The van der Waals surface area contributed by atoms with Gasteiger partial charge in [-0.15, -0.1) is 34.7 Å². The Morgan fingerprint density at radius 2 is 1.93 bits per heavy atom. The summed E-state index contributed by atoms with van der Waals surface area (Å²) < 4.78 is 0. The molecule has 3 heteroatoms. The van der Waals surface area contributed by atoms with E-state index in [4.69, 9.17) is 11.6 Å². The standard InChI is InChI=1S/C12H11ClS2/c1-14-10-6-4-9(5-7-10)12(13)11-3-2-8-15-11/h2-8,12H,1H3. The van der Waals surface area contributed by atoms with Gasteiger partial charge in [-0.2, -0.15) is 0 Å². The molecule has 0 radical (unpaired) electrons. The monoisotopic (exact) mass is 254 g/mol. The highest BCUT2D eigenvalue weighted by Crippen LogP contribution is 2.32. The second-order valence-electron chi connectivity index (χ2n) is 3.15. The third-order valence-corrected chi connectivity index (χ3v) is 4.50. The van der Waals surface area contributed by atoms with E-state index in [0.717, 1.165) is 5.56 Å². The molecule has 0 aliphatic carbocycles. The van der Waals surface area contributed by atoms with E-state index in [9.17, 15) is 0 Å². The van der Waals surface area contributed by atoms with Crippen LogP contribution in [0.5, 0.6) is 0 Å². The van der Waals surface area contributed by atoms with Gasteiger partial charge in [0.15, 0.2) is 0 Å². The van der Waals surface area contributed by atoms with Crippen LogP contribution in [0.15, 0.2) is 46.7 Å². The minimum absolute atomic E-state index is 0.0130. The molecule has 0 aliphatic rings. The zero-order chi connectivity index (χ0) is 10.7. The van der Waals surface area contributed by atoms with Crippen LogP contribution in [-0.4, -0.2) is 6.26 Å². The second-order valence-corrected chi connectivity index (χ2v) is 5.45. The summed E-state index contributed by atoms with van der Waals surface area (Å²) in [6.07, 6.45) is 2.08. The highest BCUT2D eigenvalue weighted by atomic mass is 35.5. The molecule has 1 unspecified atom stereocenters. The van der Waals surface area contributed by atoms with Crippen LogP contribution in [0.3, 0.4) is 0 Å². The molecule has 1 atom stereocenters. The van der Waals surface area contributed by atoms with Crippen LogP contribution in [-0.2, 0) is 0 Å². The average Bonchev–Trinajstić information content (AvgIpc) is 2.82. The van der Waals surface area contributed by atoms with Crippen LogP contribution in [0.1, 0.15) is 15.8 Å². The number of rotatable bonds is 3. The first-order chi connectivity index (χ1) is 7.31. The Balaban J connectivity index is 2.22. The fourth-order valence-electron chi connectivity index (χ4n) is 1.37. The maximum absolute atomic E-state index is 6.37. The summed E-state index contributed by atoms with van der Waals surface area (Å²) in [5.41, 5.74) is 1.16. The molecule has 78 valence electrons. The molecule has 0 spiro atoms. The molecule has 0 bridgehead atoms. The SMILES string of the molecule is CSc1ccc(C(Cl)c2cccs2)cc1. The van der Waals surface area contributed by atoms with Crippen molar-refractivity contribution in [2.75, 3.05) is 6.26 Å². The Labute approximate surface area is 103 Å². The first kappa shape index (κ1) is 11.1. The topological polar surface area (TPSA) is 0 Å². The van der Waals surface area contributed by atoms with Crippen molar-refractivity contribution >= 4 is 34.7 Å². The fourth-order valence-corrected chi connectivity index (χ4v) is 2.88. The number of alkyl halides is 1. The lowest BCUT2D eigenvalue weighted by atomic mass is 10.1. The summed E-state index contributed by atoms with van der Waals surface area (Å²) in [5.74, 6) is 0. The molecule has 15 heavy (non-hydrogen) atoms. The summed E-state index contributed by atoms with van der Waals surface area (Å²) in [6, 6.07) is 12.5. The molecule has 0 amide bonds. The van der Waals surface area contributed by atoms with Gasteiger partial charge in [-0.25, -0.2) is 0 Å². The molecule has 0 nitrogen and oxygen atoms in total. The van der Waals surface area contributed by atoms with Gasteiger partial charge >= 0.3 is 0 Å². The molecule has 0 fully saturated rings. The first-order valence-corrected chi connectivity index (χ1v) is 7.17. The Morgan fingerprint density at radius 3 is 2.47 bits per heavy atom. The van der Waals surface area contributed by atoms with Crippen LogP contribution in [0.25, 0.3) is 0 Å². The van der Waals surface area contributed by atoms with E-state index in [0.29, 0.717) is 0 Å². The van der Waals surface area contributed by atoms with Crippen molar-refractivity contribution in [1.29, 1.82) is 0 Å². The zero-order valence-electron chi connectivity index (χ0n) is 8.31. The smallest absolute Gasteiger partial charge is 0.0927 e. The van der Waals surface area contributed by atoms with Gasteiger partial charge in [0.1, 0.15) is 0 Å². The molecule has 1 heterocycles. The summed E-state index contributed by atoms with van der Waals surface area (Å²) in [4.78, 5) is 2.47. The fraction of sp³-hybridized carbons (Fsp3) is 0.167. The van der Waals surface area contributed by atoms with Crippen molar-refractivity contribution in [2.24, 2.45) is 0 Å². The molecule has 0 saturated carbocycles. The van der Waals surface area contributed by atoms with Gasteiger partial charge in [0, 0.05) is 9.77 Å². The number of hydrogen-bond acceptors (Lipinski definition) is 2. The number of thioether (sulfide) groups is 1. The van der Waals surface area contributed by atoms with Crippen LogP contribution < -0.4 is 0 Å². The van der Waals surface area contributed by atoms with Crippen LogP contribution in [0, 0.1) is 0 Å². The predicted molar refractivity (Wildman–Crippen MR) is 70.2 cm³/mol. The maximum Gasteiger partial charge on any atom is 0.0927 e. The van der Waals surface area contributed by atoms with Crippen molar-refractivity contribution in [3.8, 4) is 0 Å². The van der Waals surface area contributed by atoms with Crippen LogP contribution in [0.4, 0.5) is 0 Å². The number of halogens is 1. The zero-order valence-corrected chi connectivity index (χ0v) is 10.7. The largest absolute Gasteiger partial charge is 0.147 e.